The van der Waals surface area contributed by atoms with Crippen molar-refractivity contribution in [2.24, 2.45) is 5.41 Å². The molecule has 0 atom stereocenters. The van der Waals surface area contributed by atoms with Crippen molar-refractivity contribution in [1.29, 1.82) is 0 Å². The molecule has 0 aliphatic heterocycles. The van der Waals surface area contributed by atoms with Crippen LogP contribution < -0.4 is 0 Å². The smallest absolute Gasteiger partial charge is 0.324 e. The van der Waals surface area contributed by atoms with Crippen molar-refractivity contribution in [2.45, 2.75) is 40.5 Å². The molecule has 138 valence electrons. The van der Waals surface area contributed by atoms with E-state index in [4.69, 9.17) is 9.47 Å². The Balaban J connectivity index is 3.26. The lowest BCUT2D eigenvalue weighted by molar-refractivity contribution is -0.171. The highest BCUT2D eigenvalue weighted by molar-refractivity contribution is 6.00. The van der Waals surface area contributed by atoms with Crippen LogP contribution in [0.3, 0.4) is 0 Å². The minimum absolute atomic E-state index is 0.0144. The molecule has 0 fully saturated rings. The summed E-state index contributed by atoms with van der Waals surface area (Å²) in [5.41, 5.74) is 3.30. The van der Waals surface area contributed by atoms with Crippen LogP contribution in [0.25, 0.3) is 0 Å². The molecule has 0 radical (unpaired) electrons. The Kier molecular flexibility index (Phi) is 8.98. The predicted octanol–water partition coefficient (Wildman–Crippen LogP) is 4.05. The van der Waals surface area contributed by atoms with Gasteiger partial charge in [0, 0.05) is 18.4 Å². The van der Waals surface area contributed by atoms with E-state index >= 15 is 0 Å². The van der Waals surface area contributed by atoms with Crippen molar-refractivity contribution >= 4 is 11.9 Å². The van der Waals surface area contributed by atoms with Crippen LogP contribution in [0.4, 0.5) is 0 Å². The second-order valence-electron chi connectivity index (χ2n) is 5.92. The van der Waals surface area contributed by atoms with Crippen molar-refractivity contribution < 1.29 is 19.1 Å². The number of carbonyl (C=O) groups is 2. The van der Waals surface area contributed by atoms with Crippen LogP contribution in [0, 0.1) is 17.3 Å². The number of esters is 2. The first-order valence-corrected chi connectivity index (χ1v) is 8.73. The van der Waals surface area contributed by atoms with Crippen LogP contribution in [-0.2, 0) is 19.1 Å². The second-order valence-corrected chi connectivity index (χ2v) is 5.92. The van der Waals surface area contributed by atoms with E-state index in [0.717, 1.165) is 11.1 Å². The first-order chi connectivity index (χ1) is 12.5. The summed E-state index contributed by atoms with van der Waals surface area (Å²) in [7, 11) is 0. The number of benzene rings is 1. The predicted molar refractivity (Wildman–Crippen MR) is 101 cm³/mol. The zero-order valence-electron chi connectivity index (χ0n) is 15.9. The van der Waals surface area contributed by atoms with Gasteiger partial charge < -0.3 is 9.47 Å². The van der Waals surface area contributed by atoms with Gasteiger partial charge in [0.15, 0.2) is 5.41 Å². The number of ether oxygens (including phenoxy) is 2. The van der Waals surface area contributed by atoms with E-state index in [9.17, 15) is 9.59 Å². The Hall–Kier alpha value is -2.76. The van der Waals surface area contributed by atoms with Crippen molar-refractivity contribution in [1.82, 2.24) is 0 Å². The Morgan fingerprint density at radius 1 is 1.04 bits per heavy atom. The van der Waals surface area contributed by atoms with Gasteiger partial charge in [-0.3, -0.25) is 9.59 Å². The highest BCUT2D eigenvalue weighted by Crippen LogP contribution is 2.31. The fourth-order valence-corrected chi connectivity index (χ4v) is 2.25. The minimum atomic E-state index is -1.49. The summed E-state index contributed by atoms with van der Waals surface area (Å²) in [4.78, 5) is 25.3. The lowest BCUT2D eigenvalue weighted by Gasteiger charge is -2.26. The molecule has 4 heteroatoms. The normalized spacial score (nSPS) is 10.0. The maximum absolute atomic E-state index is 12.7. The summed E-state index contributed by atoms with van der Waals surface area (Å²) in [5.74, 6) is 4.71. The average Bonchev–Trinajstić information content (AvgIpc) is 2.61. The molecule has 0 heterocycles. The molecule has 0 unspecified atom stereocenters. The average molecular weight is 354 g/mol. The zero-order valence-corrected chi connectivity index (χ0v) is 15.9. The molecule has 1 aromatic rings. The molecule has 4 nitrogen and oxygen atoms in total. The number of hydrogen-bond acceptors (Lipinski definition) is 4. The molecular formula is C22H26O4. The van der Waals surface area contributed by atoms with Gasteiger partial charge >= 0.3 is 11.9 Å². The highest BCUT2D eigenvalue weighted by Gasteiger charge is 2.47. The van der Waals surface area contributed by atoms with Crippen LogP contribution in [0.5, 0.6) is 0 Å². The molecule has 0 saturated carbocycles. The van der Waals surface area contributed by atoms with E-state index in [1.165, 1.54) is 0 Å². The van der Waals surface area contributed by atoms with Gasteiger partial charge in [-0.1, -0.05) is 30.0 Å². The Morgan fingerprint density at radius 3 is 2.12 bits per heavy atom. The van der Waals surface area contributed by atoms with Gasteiger partial charge in [0.25, 0.3) is 0 Å². The van der Waals surface area contributed by atoms with E-state index < -0.39 is 17.4 Å². The van der Waals surface area contributed by atoms with E-state index in [1.54, 1.807) is 19.9 Å². The van der Waals surface area contributed by atoms with Crippen LogP contribution >= 0.6 is 0 Å². The molecule has 0 bridgehead atoms. The van der Waals surface area contributed by atoms with Crippen LogP contribution in [-0.4, -0.2) is 25.2 Å². The molecular weight excluding hydrogens is 328 g/mol. The van der Waals surface area contributed by atoms with Crippen LogP contribution in [0.1, 0.15) is 46.1 Å². The largest absolute Gasteiger partial charge is 0.465 e. The Bertz CT molecular complexity index is 706. The van der Waals surface area contributed by atoms with E-state index in [-0.39, 0.29) is 26.1 Å². The molecule has 0 aliphatic carbocycles. The van der Waals surface area contributed by atoms with Gasteiger partial charge in [-0.15, -0.1) is 5.73 Å². The Morgan fingerprint density at radius 2 is 1.62 bits per heavy atom. The number of carbonyl (C=O) groups excluding carboxylic acids is 2. The summed E-state index contributed by atoms with van der Waals surface area (Å²) in [6.45, 7) is 7.55. The zero-order chi connectivity index (χ0) is 19.4. The topological polar surface area (TPSA) is 52.6 Å². The lowest BCUT2D eigenvalue weighted by Crippen LogP contribution is -2.41. The van der Waals surface area contributed by atoms with Crippen molar-refractivity contribution in [3.05, 3.63) is 53.3 Å². The second kappa shape index (κ2) is 11.0. The third kappa shape index (κ3) is 6.27. The van der Waals surface area contributed by atoms with E-state index in [2.05, 4.69) is 17.6 Å². The molecule has 26 heavy (non-hydrogen) atoms. The van der Waals surface area contributed by atoms with E-state index in [1.807, 2.05) is 44.2 Å². The third-order valence-electron chi connectivity index (χ3n) is 3.57. The number of allylic oxidation sites excluding steroid dienone is 1. The standard InChI is InChI=1S/C22H26O4/c1-5-25-20(23)22(21(24)26-6-2,16-10-12-18(3)4)17-11-15-19-13-8-7-9-14-19/h7-10,13-14H,5-6,16-17H2,1-4H3. The van der Waals surface area contributed by atoms with Gasteiger partial charge in [-0.2, -0.15) is 0 Å². The summed E-state index contributed by atoms with van der Waals surface area (Å²) >= 11 is 0. The number of hydrogen-bond donors (Lipinski definition) is 0. The SMILES string of the molecule is CCOC(=O)C(CC#Cc1ccccc1)(CC=C=C(C)C)C(=O)OCC. The molecule has 0 amide bonds. The molecule has 1 aromatic carbocycles. The van der Waals surface area contributed by atoms with Crippen molar-refractivity contribution in [3.63, 3.8) is 0 Å². The summed E-state index contributed by atoms with van der Waals surface area (Å²) < 4.78 is 10.3. The minimum Gasteiger partial charge on any atom is -0.465 e. The van der Waals surface area contributed by atoms with Gasteiger partial charge in [0.2, 0.25) is 0 Å². The van der Waals surface area contributed by atoms with Crippen LogP contribution in [0.15, 0.2) is 47.7 Å². The van der Waals surface area contributed by atoms with Crippen molar-refractivity contribution in [3.8, 4) is 11.8 Å². The first-order valence-electron chi connectivity index (χ1n) is 8.73. The fraction of sp³-hybridized carbons (Fsp3) is 0.409. The molecule has 0 N–H and O–H groups in total. The molecule has 0 aliphatic rings. The summed E-state index contributed by atoms with van der Waals surface area (Å²) in [5, 5.41) is 0. The first kappa shape index (κ1) is 21.3. The highest BCUT2D eigenvalue weighted by atomic mass is 16.6. The fourth-order valence-electron chi connectivity index (χ4n) is 2.25. The third-order valence-corrected chi connectivity index (χ3v) is 3.57. The summed E-state index contributed by atoms with van der Waals surface area (Å²) in [6.07, 6.45) is 1.81. The Labute approximate surface area is 155 Å². The maximum atomic E-state index is 12.7. The molecule has 1 rings (SSSR count). The van der Waals surface area contributed by atoms with Crippen LogP contribution in [0.2, 0.25) is 0 Å². The van der Waals surface area contributed by atoms with E-state index in [0.29, 0.717) is 0 Å². The number of rotatable bonds is 7. The van der Waals surface area contributed by atoms with Crippen molar-refractivity contribution in [2.75, 3.05) is 13.2 Å². The lowest BCUT2D eigenvalue weighted by atomic mass is 9.81. The monoisotopic (exact) mass is 354 g/mol. The van der Waals surface area contributed by atoms with Gasteiger partial charge in [-0.25, -0.2) is 0 Å². The molecule has 0 spiro atoms. The molecule has 0 aromatic heterocycles. The molecule has 0 saturated heterocycles. The summed E-state index contributed by atoms with van der Waals surface area (Å²) in [6, 6.07) is 9.40. The van der Waals surface area contributed by atoms with Gasteiger partial charge in [0.05, 0.1) is 13.2 Å². The van der Waals surface area contributed by atoms with Gasteiger partial charge in [-0.05, 0) is 51.5 Å². The van der Waals surface area contributed by atoms with Gasteiger partial charge in [0.1, 0.15) is 0 Å². The quantitative estimate of drug-likeness (QED) is 0.321. The maximum Gasteiger partial charge on any atom is 0.324 e.